The van der Waals surface area contributed by atoms with E-state index in [0.29, 0.717) is 18.7 Å². The molecule has 0 atom stereocenters. The van der Waals surface area contributed by atoms with Crippen molar-refractivity contribution in [3.05, 3.63) is 65.0 Å². The summed E-state index contributed by atoms with van der Waals surface area (Å²) in [5, 5.41) is 5.62. The summed E-state index contributed by atoms with van der Waals surface area (Å²) in [5.41, 5.74) is 3.65. The SMILES string of the molecule is Cc1cc(CNC(=O)NCc2ccc(N3CCOCC3)cc2)ccc1F. The summed E-state index contributed by atoms with van der Waals surface area (Å²) >= 11 is 0. The minimum Gasteiger partial charge on any atom is -0.378 e. The lowest BCUT2D eigenvalue weighted by Gasteiger charge is -2.28. The molecule has 1 aliphatic rings. The lowest BCUT2D eigenvalue weighted by atomic mass is 10.1. The smallest absolute Gasteiger partial charge is 0.315 e. The minimum absolute atomic E-state index is 0.237. The molecule has 0 aromatic heterocycles. The molecule has 0 bridgehead atoms. The van der Waals surface area contributed by atoms with Gasteiger partial charge in [-0.3, -0.25) is 0 Å². The van der Waals surface area contributed by atoms with Crippen LogP contribution in [0.3, 0.4) is 0 Å². The summed E-state index contributed by atoms with van der Waals surface area (Å²) in [7, 11) is 0. The normalized spacial score (nSPS) is 14.2. The third-order valence-electron chi connectivity index (χ3n) is 4.44. The number of ether oxygens (including phenoxy) is 1. The molecule has 6 heteroatoms. The molecule has 0 aliphatic carbocycles. The van der Waals surface area contributed by atoms with Gasteiger partial charge in [-0.1, -0.05) is 24.3 Å². The van der Waals surface area contributed by atoms with Crippen LogP contribution in [0.5, 0.6) is 0 Å². The molecule has 0 saturated carbocycles. The summed E-state index contributed by atoms with van der Waals surface area (Å²) in [6.07, 6.45) is 0. The van der Waals surface area contributed by atoms with Crippen LogP contribution in [0.2, 0.25) is 0 Å². The predicted octanol–water partition coefficient (Wildman–Crippen LogP) is 2.97. The summed E-state index contributed by atoms with van der Waals surface area (Å²) in [5.74, 6) is -0.237. The van der Waals surface area contributed by atoms with E-state index in [9.17, 15) is 9.18 Å². The molecule has 1 heterocycles. The van der Waals surface area contributed by atoms with Crippen molar-refractivity contribution >= 4 is 11.7 Å². The molecular weight excluding hydrogens is 333 g/mol. The molecule has 1 fully saturated rings. The molecule has 2 N–H and O–H groups in total. The fourth-order valence-corrected chi connectivity index (χ4v) is 2.89. The van der Waals surface area contributed by atoms with Crippen molar-refractivity contribution in [2.45, 2.75) is 20.0 Å². The van der Waals surface area contributed by atoms with Crippen LogP contribution >= 0.6 is 0 Å². The molecule has 1 aliphatic heterocycles. The van der Waals surface area contributed by atoms with Crippen LogP contribution < -0.4 is 15.5 Å². The predicted molar refractivity (Wildman–Crippen MR) is 99.7 cm³/mol. The number of hydrogen-bond donors (Lipinski definition) is 2. The van der Waals surface area contributed by atoms with Crippen molar-refractivity contribution in [1.29, 1.82) is 0 Å². The second kappa shape index (κ2) is 8.67. The highest BCUT2D eigenvalue weighted by Gasteiger charge is 2.10. The Morgan fingerprint density at radius 1 is 1.04 bits per heavy atom. The number of amides is 2. The minimum atomic E-state index is -0.246. The Bertz CT molecular complexity index is 743. The number of morpholine rings is 1. The molecule has 2 aromatic rings. The molecule has 138 valence electrons. The molecule has 0 unspecified atom stereocenters. The van der Waals surface area contributed by atoms with E-state index in [1.807, 2.05) is 12.1 Å². The van der Waals surface area contributed by atoms with Gasteiger partial charge in [0.25, 0.3) is 0 Å². The summed E-state index contributed by atoms with van der Waals surface area (Å²) in [6, 6.07) is 12.8. The van der Waals surface area contributed by atoms with Gasteiger partial charge in [-0.2, -0.15) is 0 Å². The Morgan fingerprint density at radius 2 is 1.65 bits per heavy atom. The standard InChI is InChI=1S/C20H24FN3O2/c1-15-12-17(4-7-19(15)21)14-23-20(25)22-13-16-2-5-18(6-3-16)24-8-10-26-11-9-24/h2-7,12H,8-11,13-14H2,1H3,(H2,22,23,25). The van der Waals surface area contributed by atoms with Gasteiger partial charge in [-0.05, 0) is 41.8 Å². The Morgan fingerprint density at radius 3 is 2.31 bits per heavy atom. The van der Waals surface area contributed by atoms with Gasteiger partial charge in [-0.25, -0.2) is 9.18 Å². The lowest BCUT2D eigenvalue weighted by molar-refractivity contribution is 0.122. The number of rotatable bonds is 5. The first kappa shape index (κ1) is 18.2. The monoisotopic (exact) mass is 357 g/mol. The molecule has 0 radical (unpaired) electrons. The van der Waals surface area contributed by atoms with E-state index in [1.165, 1.54) is 11.8 Å². The van der Waals surface area contributed by atoms with Crippen molar-refractivity contribution in [2.75, 3.05) is 31.2 Å². The highest BCUT2D eigenvalue weighted by Crippen LogP contribution is 2.16. The van der Waals surface area contributed by atoms with E-state index in [4.69, 9.17) is 4.74 Å². The zero-order valence-corrected chi connectivity index (χ0v) is 14.9. The molecule has 2 amide bonds. The van der Waals surface area contributed by atoms with E-state index in [2.05, 4.69) is 27.7 Å². The average molecular weight is 357 g/mol. The van der Waals surface area contributed by atoms with Crippen molar-refractivity contribution in [3.63, 3.8) is 0 Å². The zero-order valence-electron chi connectivity index (χ0n) is 14.9. The molecular formula is C20H24FN3O2. The maximum atomic E-state index is 13.2. The first-order valence-electron chi connectivity index (χ1n) is 8.80. The Kier molecular flexibility index (Phi) is 6.07. The second-order valence-corrected chi connectivity index (χ2v) is 6.39. The first-order valence-corrected chi connectivity index (χ1v) is 8.80. The Balaban J connectivity index is 1.44. The second-order valence-electron chi connectivity index (χ2n) is 6.39. The maximum absolute atomic E-state index is 13.2. The lowest BCUT2D eigenvalue weighted by Crippen LogP contribution is -2.36. The van der Waals surface area contributed by atoms with Crippen LogP contribution in [0.1, 0.15) is 16.7 Å². The number of hydrogen-bond acceptors (Lipinski definition) is 3. The topological polar surface area (TPSA) is 53.6 Å². The number of nitrogens with zero attached hydrogens (tertiary/aromatic N) is 1. The van der Waals surface area contributed by atoms with Gasteiger partial charge < -0.3 is 20.3 Å². The van der Waals surface area contributed by atoms with Crippen molar-refractivity contribution in [3.8, 4) is 0 Å². The highest BCUT2D eigenvalue weighted by atomic mass is 19.1. The van der Waals surface area contributed by atoms with Gasteiger partial charge in [0.2, 0.25) is 0 Å². The number of nitrogens with one attached hydrogen (secondary N) is 2. The van der Waals surface area contributed by atoms with E-state index in [0.717, 1.165) is 37.4 Å². The van der Waals surface area contributed by atoms with E-state index in [1.54, 1.807) is 19.1 Å². The first-order chi connectivity index (χ1) is 12.6. The molecule has 0 spiro atoms. The fraction of sp³-hybridized carbons (Fsp3) is 0.350. The number of carbonyl (C=O) groups excluding carboxylic acids is 1. The van der Waals surface area contributed by atoms with Crippen molar-refractivity contribution < 1.29 is 13.9 Å². The highest BCUT2D eigenvalue weighted by molar-refractivity contribution is 5.73. The zero-order chi connectivity index (χ0) is 18.4. The van der Waals surface area contributed by atoms with E-state index >= 15 is 0 Å². The van der Waals surface area contributed by atoms with Crippen LogP contribution in [-0.2, 0) is 17.8 Å². The van der Waals surface area contributed by atoms with Crippen LogP contribution in [0, 0.1) is 12.7 Å². The summed E-state index contributed by atoms with van der Waals surface area (Å²) < 4.78 is 18.6. The van der Waals surface area contributed by atoms with Crippen LogP contribution in [0.15, 0.2) is 42.5 Å². The van der Waals surface area contributed by atoms with Gasteiger partial charge in [0.15, 0.2) is 0 Å². The van der Waals surface area contributed by atoms with Gasteiger partial charge in [0, 0.05) is 31.9 Å². The molecule has 1 saturated heterocycles. The largest absolute Gasteiger partial charge is 0.378 e. The fourth-order valence-electron chi connectivity index (χ4n) is 2.89. The van der Waals surface area contributed by atoms with Gasteiger partial charge in [-0.15, -0.1) is 0 Å². The van der Waals surface area contributed by atoms with Crippen molar-refractivity contribution in [1.82, 2.24) is 10.6 Å². The summed E-state index contributed by atoms with van der Waals surface area (Å²) in [4.78, 5) is 14.2. The summed E-state index contributed by atoms with van der Waals surface area (Å²) in [6.45, 7) is 5.86. The average Bonchev–Trinajstić information content (AvgIpc) is 2.68. The number of halogens is 1. The molecule has 5 nitrogen and oxygen atoms in total. The quantitative estimate of drug-likeness (QED) is 0.865. The van der Waals surface area contributed by atoms with Crippen LogP contribution in [0.25, 0.3) is 0 Å². The molecule has 26 heavy (non-hydrogen) atoms. The molecule has 2 aromatic carbocycles. The van der Waals surface area contributed by atoms with Gasteiger partial charge in [0.1, 0.15) is 5.82 Å². The van der Waals surface area contributed by atoms with Crippen molar-refractivity contribution in [2.24, 2.45) is 0 Å². The van der Waals surface area contributed by atoms with Crippen LogP contribution in [-0.4, -0.2) is 32.3 Å². The van der Waals surface area contributed by atoms with Gasteiger partial charge >= 0.3 is 6.03 Å². The number of anilines is 1. The Labute approximate surface area is 153 Å². The number of benzene rings is 2. The Hall–Kier alpha value is -2.60. The third-order valence-corrected chi connectivity index (χ3v) is 4.44. The number of carbonyl (C=O) groups is 1. The van der Waals surface area contributed by atoms with Crippen LogP contribution in [0.4, 0.5) is 14.9 Å². The molecule has 3 rings (SSSR count). The number of urea groups is 1. The number of aryl methyl sites for hydroxylation is 1. The van der Waals surface area contributed by atoms with E-state index in [-0.39, 0.29) is 11.8 Å². The van der Waals surface area contributed by atoms with Gasteiger partial charge in [0.05, 0.1) is 13.2 Å². The maximum Gasteiger partial charge on any atom is 0.315 e. The van der Waals surface area contributed by atoms with E-state index < -0.39 is 0 Å². The third kappa shape index (κ3) is 4.95.